The van der Waals surface area contributed by atoms with Gasteiger partial charge in [0, 0.05) is 12.8 Å². The molecule has 7 unspecified atom stereocenters. The van der Waals surface area contributed by atoms with Crippen molar-refractivity contribution in [1.82, 2.24) is 5.32 Å². The van der Waals surface area contributed by atoms with E-state index in [0.717, 1.165) is 70.6 Å². The van der Waals surface area contributed by atoms with E-state index in [0.29, 0.717) is 19.4 Å². The molecule has 82 heavy (non-hydrogen) atoms. The van der Waals surface area contributed by atoms with Gasteiger partial charge >= 0.3 is 5.97 Å². The average molecular weight is 1150 g/mol. The Morgan fingerprint density at radius 3 is 1.35 bits per heavy atom. The number of amides is 1. The fraction of sp³-hybridized carbons (Fsp3) is 0.803. The molecule has 0 aromatic rings. The number of esters is 1. The van der Waals surface area contributed by atoms with E-state index in [1.54, 1.807) is 6.08 Å². The molecule has 0 spiro atoms. The second kappa shape index (κ2) is 59.8. The van der Waals surface area contributed by atoms with Crippen LogP contribution >= 0.6 is 0 Å². The molecule has 1 rings (SSSR count). The van der Waals surface area contributed by atoms with Gasteiger partial charge in [-0.2, -0.15) is 0 Å². The Hall–Kier alpha value is -2.90. The van der Waals surface area contributed by atoms with Crippen molar-refractivity contribution in [2.75, 3.05) is 19.8 Å². The van der Waals surface area contributed by atoms with Crippen LogP contribution in [0.25, 0.3) is 0 Å². The number of nitrogens with one attached hydrogen (secondary N) is 1. The van der Waals surface area contributed by atoms with Gasteiger partial charge in [-0.1, -0.05) is 253 Å². The van der Waals surface area contributed by atoms with Gasteiger partial charge in [-0.15, -0.1) is 0 Å². The number of ether oxygens (including phenoxy) is 3. The Bertz CT molecular complexity index is 1590. The van der Waals surface area contributed by atoms with E-state index < -0.39 is 49.5 Å². The molecule has 11 heteroatoms. The molecule has 1 fully saturated rings. The van der Waals surface area contributed by atoms with Crippen molar-refractivity contribution in [2.45, 2.75) is 346 Å². The van der Waals surface area contributed by atoms with Gasteiger partial charge in [0.05, 0.1) is 32.0 Å². The molecule has 1 aliphatic rings. The number of hydrogen-bond acceptors (Lipinski definition) is 10. The first kappa shape index (κ1) is 77.1. The van der Waals surface area contributed by atoms with Gasteiger partial charge in [0.15, 0.2) is 6.29 Å². The van der Waals surface area contributed by atoms with E-state index in [1.807, 2.05) is 19.1 Å². The van der Waals surface area contributed by atoms with Gasteiger partial charge in [0.2, 0.25) is 5.91 Å². The topological polar surface area (TPSA) is 175 Å². The number of carbonyl (C=O) groups is 2. The Labute approximate surface area is 502 Å². The van der Waals surface area contributed by atoms with E-state index in [2.05, 4.69) is 66.9 Å². The van der Waals surface area contributed by atoms with Crippen LogP contribution in [0.2, 0.25) is 0 Å². The standard InChI is InChI=1S/C71H127NO10/c1-3-5-7-9-11-13-14-15-16-29-33-36-39-43-47-51-55-59-67(76)80-60-56-52-48-44-40-37-34-31-28-26-24-22-20-18-17-19-21-23-25-27-30-32-35-38-42-46-50-54-58-66(75)72-63(64(74)57-53-49-45-41-12-10-8-6-4-2)62-81-71-70(79)69(78)68(77)65(61-73)82-71/h4,6,11-13,15-18,41,53,57,63-65,68-71,73-74,77-79H,3,5,7-10,14,19-40,42-52,54-56,58-62H2,1-2H3,(H,72,75)/b6-4+,13-11-,16-15-,18-17-,41-12+,57-53+. The molecule has 1 amide bonds. The first-order chi connectivity index (χ1) is 40.2. The first-order valence-electron chi connectivity index (χ1n) is 34.2. The maximum Gasteiger partial charge on any atom is 0.305 e. The normalized spacial score (nSPS) is 18.6. The Kier molecular flexibility index (Phi) is 56.2. The SMILES string of the molecule is C/C=C/CC/C=C/CC/C=C/C(O)C(COC1OC(CO)C(O)C(O)C1O)NC(=O)CCCCCCCCCCCCCC/C=C\CCCCCCCCCCCCCCOC(=O)CCCCCCCCC/C=C\C/C=C\CCCCC. The van der Waals surface area contributed by atoms with E-state index in [1.165, 1.54) is 205 Å². The molecule has 6 N–H and O–H groups in total. The molecular formula is C71H127NO10. The molecule has 0 radical (unpaired) electrons. The number of aliphatic hydroxyl groups excluding tert-OH is 5. The van der Waals surface area contributed by atoms with Crippen molar-refractivity contribution < 1.29 is 49.3 Å². The summed E-state index contributed by atoms with van der Waals surface area (Å²) in [5, 5.41) is 54.2. The molecule has 0 aromatic heterocycles. The van der Waals surface area contributed by atoms with Gasteiger partial charge < -0.3 is 45.1 Å². The van der Waals surface area contributed by atoms with Gasteiger partial charge in [-0.25, -0.2) is 0 Å². The number of unbranched alkanes of at least 4 members (excludes halogenated alkanes) is 36. The lowest BCUT2D eigenvalue weighted by Gasteiger charge is -2.40. The minimum atomic E-state index is -1.58. The molecule has 0 aromatic carbocycles. The van der Waals surface area contributed by atoms with Crippen LogP contribution in [-0.2, 0) is 23.8 Å². The second-order valence-corrected chi connectivity index (χ2v) is 23.5. The minimum absolute atomic E-state index is 0.00221. The predicted octanol–water partition coefficient (Wildman–Crippen LogP) is 17.1. The zero-order chi connectivity index (χ0) is 59.5. The molecule has 11 nitrogen and oxygen atoms in total. The van der Waals surface area contributed by atoms with Crippen LogP contribution in [0.15, 0.2) is 72.9 Å². The number of carbonyl (C=O) groups excluding carboxylic acids is 2. The van der Waals surface area contributed by atoms with Gasteiger partial charge in [-0.05, 0) is 110 Å². The highest BCUT2D eigenvalue weighted by Crippen LogP contribution is 2.23. The predicted molar refractivity (Wildman–Crippen MR) is 343 cm³/mol. The van der Waals surface area contributed by atoms with Crippen LogP contribution in [-0.4, -0.2) is 100 Å². The highest BCUT2D eigenvalue weighted by molar-refractivity contribution is 5.76. The van der Waals surface area contributed by atoms with Crippen LogP contribution in [0, 0.1) is 0 Å². The summed E-state index contributed by atoms with van der Waals surface area (Å²) >= 11 is 0. The molecule has 476 valence electrons. The summed E-state index contributed by atoms with van der Waals surface area (Å²) in [7, 11) is 0. The fourth-order valence-corrected chi connectivity index (χ4v) is 10.4. The second-order valence-electron chi connectivity index (χ2n) is 23.5. The lowest BCUT2D eigenvalue weighted by molar-refractivity contribution is -0.302. The summed E-state index contributed by atoms with van der Waals surface area (Å²) in [6, 6.07) is -0.835. The average Bonchev–Trinajstić information content (AvgIpc) is 3.47. The van der Waals surface area contributed by atoms with Crippen LogP contribution in [0.5, 0.6) is 0 Å². The van der Waals surface area contributed by atoms with Crippen molar-refractivity contribution in [2.24, 2.45) is 0 Å². The number of allylic oxidation sites excluding steroid dienone is 11. The summed E-state index contributed by atoms with van der Waals surface area (Å²) in [5.41, 5.74) is 0. The largest absolute Gasteiger partial charge is 0.466 e. The maximum atomic E-state index is 13.0. The van der Waals surface area contributed by atoms with Gasteiger partial charge in [0.25, 0.3) is 0 Å². The third kappa shape index (κ3) is 48.3. The molecule has 7 atom stereocenters. The highest BCUT2D eigenvalue weighted by Gasteiger charge is 2.44. The van der Waals surface area contributed by atoms with E-state index in [9.17, 15) is 35.1 Å². The smallest absolute Gasteiger partial charge is 0.305 e. The Morgan fingerprint density at radius 2 is 0.878 bits per heavy atom. The van der Waals surface area contributed by atoms with Crippen molar-refractivity contribution in [3.05, 3.63) is 72.9 Å². The molecule has 0 bridgehead atoms. The Balaban J connectivity index is 1.93. The van der Waals surface area contributed by atoms with Crippen LogP contribution < -0.4 is 5.32 Å². The highest BCUT2D eigenvalue weighted by atomic mass is 16.7. The molecular weight excluding hydrogens is 1030 g/mol. The van der Waals surface area contributed by atoms with Crippen LogP contribution in [0.4, 0.5) is 0 Å². The number of rotatable bonds is 59. The third-order valence-electron chi connectivity index (χ3n) is 15.8. The number of aliphatic hydroxyl groups is 5. The fourth-order valence-electron chi connectivity index (χ4n) is 10.4. The first-order valence-corrected chi connectivity index (χ1v) is 34.2. The lowest BCUT2D eigenvalue weighted by atomic mass is 9.99. The van der Waals surface area contributed by atoms with Gasteiger partial charge in [0.1, 0.15) is 24.4 Å². The van der Waals surface area contributed by atoms with Crippen molar-refractivity contribution >= 4 is 11.9 Å². The van der Waals surface area contributed by atoms with Crippen LogP contribution in [0.1, 0.15) is 303 Å². The minimum Gasteiger partial charge on any atom is -0.466 e. The molecule has 1 aliphatic heterocycles. The molecule has 1 heterocycles. The van der Waals surface area contributed by atoms with E-state index >= 15 is 0 Å². The molecule has 0 saturated carbocycles. The Morgan fingerprint density at radius 1 is 0.476 bits per heavy atom. The zero-order valence-corrected chi connectivity index (χ0v) is 52.7. The maximum absolute atomic E-state index is 13.0. The van der Waals surface area contributed by atoms with Gasteiger partial charge in [-0.3, -0.25) is 9.59 Å². The zero-order valence-electron chi connectivity index (χ0n) is 52.7. The summed E-state index contributed by atoms with van der Waals surface area (Å²) in [6.07, 6.45) is 70.7. The number of hydrogen-bond donors (Lipinski definition) is 6. The van der Waals surface area contributed by atoms with E-state index in [4.69, 9.17) is 14.2 Å². The van der Waals surface area contributed by atoms with Crippen LogP contribution in [0.3, 0.4) is 0 Å². The molecule has 0 aliphatic carbocycles. The van der Waals surface area contributed by atoms with Crippen molar-refractivity contribution in [3.8, 4) is 0 Å². The molecule has 1 saturated heterocycles. The third-order valence-corrected chi connectivity index (χ3v) is 15.8. The van der Waals surface area contributed by atoms with Crippen molar-refractivity contribution in [1.29, 1.82) is 0 Å². The summed E-state index contributed by atoms with van der Waals surface area (Å²) in [6.45, 7) is 4.07. The monoisotopic (exact) mass is 1150 g/mol. The summed E-state index contributed by atoms with van der Waals surface area (Å²) in [4.78, 5) is 25.1. The summed E-state index contributed by atoms with van der Waals surface area (Å²) < 4.78 is 16.7. The quantitative estimate of drug-likeness (QED) is 0.0195. The van der Waals surface area contributed by atoms with Crippen molar-refractivity contribution in [3.63, 3.8) is 0 Å². The van der Waals surface area contributed by atoms with E-state index in [-0.39, 0.29) is 18.5 Å². The summed E-state index contributed by atoms with van der Waals surface area (Å²) in [5.74, 6) is -0.202. The lowest BCUT2D eigenvalue weighted by Crippen LogP contribution is -2.60.